The summed E-state index contributed by atoms with van der Waals surface area (Å²) in [6.07, 6.45) is 1.09. The van der Waals surface area contributed by atoms with E-state index in [1.807, 2.05) is 43.3 Å². The standard InChI is InChI=1S/C19H18N2O4/c1-12-21-15-8-13(2-5-16(15)25-12)4-7-19(22)20-10-14-3-6-17-18(9-14)24-11-23-17/h2-3,5-6,8-9H,4,7,10-11H2,1H3,(H,20,22). The fourth-order valence-electron chi connectivity index (χ4n) is 2.84. The normalized spacial score (nSPS) is 12.5. The number of oxazole rings is 1. The van der Waals surface area contributed by atoms with Crippen molar-refractivity contribution in [1.29, 1.82) is 0 Å². The number of nitrogens with one attached hydrogen (secondary N) is 1. The summed E-state index contributed by atoms with van der Waals surface area (Å²) in [7, 11) is 0. The van der Waals surface area contributed by atoms with Crippen LogP contribution >= 0.6 is 0 Å². The van der Waals surface area contributed by atoms with Gasteiger partial charge in [-0.05, 0) is 41.8 Å². The van der Waals surface area contributed by atoms with E-state index in [-0.39, 0.29) is 12.7 Å². The van der Waals surface area contributed by atoms with E-state index in [1.54, 1.807) is 0 Å². The molecule has 0 fully saturated rings. The summed E-state index contributed by atoms with van der Waals surface area (Å²) in [5, 5.41) is 2.93. The maximum atomic E-state index is 12.1. The highest BCUT2D eigenvalue weighted by Crippen LogP contribution is 2.32. The molecular formula is C19H18N2O4. The lowest BCUT2D eigenvalue weighted by Gasteiger charge is -2.06. The molecule has 0 radical (unpaired) electrons. The van der Waals surface area contributed by atoms with Crippen LogP contribution in [0.3, 0.4) is 0 Å². The lowest BCUT2D eigenvalue weighted by molar-refractivity contribution is -0.121. The number of ether oxygens (including phenoxy) is 2. The van der Waals surface area contributed by atoms with Crippen LogP contribution < -0.4 is 14.8 Å². The number of amides is 1. The number of fused-ring (bicyclic) bond motifs is 2. The molecule has 4 rings (SSSR count). The Morgan fingerprint density at radius 3 is 2.88 bits per heavy atom. The largest absolute Gasteiger partial charge is 0.454 e. The van der Waals surface area contributed by atoms with Gasteiger partial charge in [-0.25, -0.2) is 4.98 Å². The molecule has 0 unspecified atom stereocenters. The first-order valence-electron chi connectivity index (χ1n) is 8.19. The summed E-state index contributed by atoms with van der Waals surface area (Å²) in [5.41, 5.74) is 3.65. The number of hydrogen-bond donors (Lipinski definition) is 1. The van der Waals surface area contributed by atoms with Crippen molar-refractivity contribution in [3.63, 3.8) is 0 Å². The SMILES string of the molecule is Cc1nc2cc(CCC(=O)NCc3ccc4c(c3)OCO4)ccc2o1. The Morgan fingerprint density at radius 1 is 1.12 bits per heavy atom. The summed E-state index contributed by atoms with van der Waals surface area (Å²) in [5.74, 6) is 2.12. The second kappa shape index (κ2) is 6.47. The zero-order valence-corrected chi connectivity index (χ0v) is 13.9. The molecule has 1 amide bonds. The van der Waals surface area contributed by atoms with Gasteiger partial charge in [-0.2, -0.15) is 0 Å². The highest BCUT2D eigenvalue weighted by Gasteiger charge is 2.13. The maximum absolute atomic E-state index is 12.1. The van der Waals surface area contributed by atoms with E-state index in [0.29, 0.717) is 25.3 Å². The Bertz CT molecular complexity index is 932. The number of benzene rings is 2. The molecule has 0 aliphatic carbocycles. The predicted molar refractivity (Wildman–Crippen MR) is 91.5 cm³/mol. The number of carbonyl (C=O) groups excluding carboxylic acids is 1. The molecule has 0 saturated carbocycles. The number of hydrogen-bond acceptors (Lipinski definition) is 5. The molecule has 25 heavy (non-hydrogen) atoms. The number of rotatable bonds is 5. The highest BCUT2D eigenvalue weighted by molar-refractivity contribution is 5.77. The molecule has 0 atom stereocenters. The molecule has 0 saturated heterocycles. The van der Waals surface area contributed by atoms with E-state index in [9.17, 15) is 4.79 Å². The molecular weight excluding hydrogens is 320 g/mol. The molecule has 1 aliphatic heterocycles. The fourth-order valence-corrected chi connectivity index (χ4v) is 2.84. The Morgan fingerprint density at radius 2 is 1.96 bits per heavy atom. The number of carbonyl (C=O) groups is 1. The van der Waals surface area contributed by atoms with Crippen molar-refractivity contribution < 1.29 is 18.7 Å². The molecule has 2 heterocycles. The van der Waals surface area contributed by atoms with E-state index in [1.165, 1.54) is 0 Å². The van der Waals surface area contributed by atoms with Crippen molar-refractivity contribution in [2.75, 3.05) is 6.79 Å². The number of nitrogens with zero attached hydrogens (tertiary/aromatic N) is 1. The van der Waals surface area contributed by atoms with Crippen LogP contribution in [0.15, 0.2) is 40.8 Å². The first-order valence-corrected chi connectivity index (χ1v) is 8.19. The van der Waals surface area contributed by atoms with Crippen molar-refractivity contribution in [1.82, 2.24) is 10.3 Å². The van der Waals surface area contributed by atoms with Gasteiger partial charge in [0.05, 0.1) is 0 Å². The van der Waals surface area contributed by atoms with Crippen LogP contribution in [-0.2, 0) is 17.8 Å². The molecule has 1 aliphatic rings. The van der Waals surface area contributed by atoms with Crippen molar-refractivity contribution >= 4 is 17.0 Å². The second-order valence-electron chi connectivity index (χ2n) is 6.00. The van der Waals surface area contributed by atoms with Gasteiger partial charge in [0.1, 0.15) is 5.52 Å². The minimum atomic E-state index is 0.00842. The summed E-state index contributed by atoms with van der Waals surface area (Å²) < 4.78 is 16.1. The minimum Gasteiger partial charge on any atom is -0.454 e. The Balaban J connectivity index is 1.31. The first kappa shape index (κ1) is 15.5. The number of aryl methyl sites for hydroxylation is 2. The van der Waals surface area contributed by atoms with Gasteiger partial charge in [0.25, 0.3) is 0 Å². The summed E-state index contributed by atoms with van der Waals surface area (Å²) in [6.45, 7) is 2.54. The van der Waals surface area contributed by atoms with Crippen molar-refractivity contribution in [3.8, 4) is 11.5 Å². The molecule has 1 aromatic heterocycles. The summed E-state index contributed by atoms with van der Waals surface area (Å²) in [6, 6.07) is 11.5. The number of aromatic nitrogens is 1. The quantitative estimate of drug-likeness (QED) is 0.774. The van der Waals surface area contributed by atoms with Crippen LogP contribution in [0.1, 0.15) is 23.4 Å². The molecule has 0 spiro atoms. The van der Waals surface area contributed by atoms with Gasteiger partial charge in [0.15, 0.2) is 23.0 Å². The van der Waals surface area contributed by atoms with Gasteiger partial charge in [0, 0.05) is 19.9 Å². The Labute approximate surface area is 144 Å². The van der Waals surface area contributed by atoms with Crippen LogP contribution in [0.2, 0.25) is 0 Å². The second-order valence-corrected chi connectivity index (χ2v) is 6.00. The van der Waals surface area contributed by atoms with Crippen LogP contribution in [-0.4, -0.2) is 17.7 Å². The fraction of sp³-hybridized carbons (Fsp3) is 0.263. The van der Waals surface area contributed by atoms with E-state index in [0.717, 1.165) is 33.7 Å². The zero-order valence-electron chi connectivity index (χ0n) is 13.9. The monoisotopic (exact) mass is 338 g/mol. The van der Waals surface area contributed by atoms with Gasteiger partial charge in [-0.15, -0.1) is 0 Å². The Hall–Kier alpha value is -3.02. The molecule has 6 heteroatoms. The van der Waals surface area contributed by atoms with Crippen LogP contribution in [0.4, 0.5) is 0 Å². The summed E-state index contributed by atoms with van der Waals surface area (Å²) >= 11 is 0. The smallest absolute Gasteiger partial charge is 0.231 e. The highest BCUT2D eigenvalue weighted by atomic mass is 16.7. The topological polar surface area (TPSA) is 73.6 Å². The van der Waals surface area contributed by atoms with E-state index < -0.39 is 0 Å². The summed E-state index contributed by atoms with van der Waals surface area (Å²) in [4.78, 5) is 16.4. The van der Waals surface area contributed by atoms with Gasteiger partial charge in [0.2, 0.25) is 12.7 Å². The van der Waals surface area contributed by atoms with Gasteiger partial charge in [-0.1, -0.05) is 12.1 Å². The minimum absolute atomic E-state index is 0.00842. The first-order chi connectivity index (χ1) is 12.2. The third kappa shape index (κ3) is 3.42. The Kier molecular flexibility index (Phi) is 4.01. The van der Waals surface area contributed by atoms with Gasteiger partial charge in [-0.3, -0.25) is 4.79 Å². The van der Waals surface area contributed by atoms with Crippen molar-refractivity contribution in [2.24, 2.45) is 0 Å². The lowest BCUT2D eigenvalue weighted by Crippen LogP contribution is -2.22. The third-order valence-electron chi connectivity index (χ3n) is 4.13. The van der Waals surface area contributed by atoms with Gasteiger partial charge >= 0.3 is 0 Å². The third-order valence-corrected chi connectivity index (χ3v) is 4.13. The molecule has 6 nitrogen and oxygen atoms in total. The molecule has 128 valence electrons. The molecule has 0 bridgehead atoms. The molecule has 3 aromatic rings. The lowest BCUT2D eigenvalue weighted by atomic mass is 10.1. The average Bonchev–Trinajstić information content (AvgIpc) is 3.22. The molecule has 2 aromatic carbocycles. The van der Waals surface area contributed by atoms with Crippen LogP contribution in [0.5, 0.6) is 11.5 Å². The molecule has 1 N–H and O–H groups in total. The average molecular weight is 338 g/mol. The van der Waals surface area contributed by atoms with Crippen LogP contribution in [0, 0.1) is 6.92 Å². The van der Waals surface area contributed by atoms with Crippen molar-refractivity contribution in [3.05, 3.63) is 53.4 Å². The van der Waals surface area contributed by atoms with Crippen LogP contribution in [0.25, 0.3) is 11.1 Å². The predicted octanol–water partition coefficient (Wildman–Crippen LogP) is 3.11. The maximum Gasteiger partial charge on any atom is 0.231 e. The van der Waals surface area contributed by atoms with E-state index in [4.69, 9.17) is 13.9 Å². The van der Waals surface area contributed by atoms with E-state index >= 15 is 0 Å². The zero-order chi connectivity index (χ0) is 17.2. The van der Waals surface area contributed by atoms with E-state index in [2.05, 4.69) is 10.3 Å². The van der Waals surface area contributed by atoms with Crippen molar-refractivity contribution in [2.45, 2.75) is 26.3 Å². The van der Waals surface area contributed by atoms with Gasteiger partial charge < -0.3 is 19.2 Å².